The van der Waals surface area contributed by atoms with E-state index in [9.17, 15) is 4.79 Å². The molecule has 1 atom stereocenters. The zero-order valence-electron chi connectivity index (χ0n) is 15.4. The summed E-state index contributed by atoms with van der Waals surface area (Å²) in [7, 11) is 1.62. The molecule has 1 aliphatic heterocycles. The summed E-state index contributed by atoms with van der Waals surface area (Å²) >= 11 is 0. The van der Waals surface area contributed by atoms with Gasteiger partial charge in [-0.2, -0.15) is 0 Å². The summed E-state index contributed by atoms with van der Waals surface area (Å²) in [4.78, 5) is 31.5. The molecule has 1 aromatic carbocycles. The lowest BCUT2D eigenvalue weighted by molar-refractivity contribution is -0.0248. The van der Waals surface area contributed by atoms with Gasteiger partial charge in [0.15, 0.2) is 0 Å². The first-order chi connectivity index (χ1) is 13.8. The van der Waals surface area contributed by atoms with Crippen molar-refractivity contribution in [3.8, 4) is 17.0 Å². The van der Waals surface area contributed by atoms with Crippen molar-refractivity contribution in [2.45, 2.75) is 6.10 Å². The molecule has 2 aromatic heterocycles. The van der Waals surface area contributed by atoms with E-state index in [4.69, 9.17) is 9.47 Å². The van der Waals surface area contributed by atoms with Gasteiger partial charge in [0, 0.05) is 36.9 Å². The number of carbonyl (C=O) groups is 1. The number of hydrogen-bond donors (Lipinski definition) is 0. The predicted octanol–water partition coefficient (Wildman–Crippen LogP) is 2.16. The molecular formula is C20H19N5O3. The molecule has 0 spiro atoms. The lowest BCUT2D eigenvalue weighted by Crippen LogP contribution is -2.43. The van der Waals surface area contributed by atoms with Crippen molar-refractivity contribution in [1.29, 1.82) is 0 Å². The molecule has 1 saturated heterocycles. The molecule has 0 aliphatic carbocycles. The number of ether oxygens (including phenoxy) is 2. The summed E-state index contributed by atoms with van der Waals surface area (Å²) < 4.78 is 11.2. The normalized spacial score (nSPS) is 16.6. The average Bonchev–Trinajstić information content (AvgIpc) is 2.79. The van der Waals surface area contributed by atoms with Gasteiger partial charge in [0.25, 0.3) is 5.91 Å². The number of aromatic nitrogens is 4. The second-order valence-electron chi connectivity index (χ2n) is 6.22. The second-order valence-corrected chi connectivity index (χ2v) is 6.22. The summed E-state index contributed by atoms with van der Waals surface area (Å²) in [5.74, 6) is 0.561. The van der Waals surface area contributed by atoms with Crippen LogP contribution in [0.2, 0.25) is 0 Å². The van der Waals surface area contributed by atoms with E-state index < -0.39 is 0 Å². The minimum absolute atomic E-state index is 0.173. The molecule has 142 valence electrons. The fourth-order valence-corrected chi connectivity index (χ4v) is 3.15. The van der Waals surface area contributed by atoms with Crippen LogP contribution in [0.3, 0.4) is 0 Å². The highest BCUT2D eigenvalue weighted by Gasteiger charge is 2.29. The van der Waals surface area contributed by atoms with E-state index in [0.29, 0.717) is 36.8 Å². The Morgan fingerprint density at radius 2 is 2.04 bits per heavy atom. The standard InChI is InChI=1S/C20H19N5O3/c1-27-15-4-2-3-14(11-15)18-19(24-8-7-23-18)17-13-25(9-10-28-17)20(26)16-12-21-5-6-22-16/h2-8,11-12,17H,9-10,13H2,1H3/t17-/m0/s1. The van der Waals surface area contributed by atoms with Crippen LogP contribution in [0.4, 0.5) is 0 Å². The lowest BCUT2D eigenvalue weighted by atomic mass is 10.0. The molecule has 0 bridgehead atoms. The smallest absolute Gasteiger partial charge is 0.274 e. The molecule has 0 unspecified atom stereocenters. The summed E-state index contributed by atoms with van der Waals surface area (Å²) in [6.45, 7) is 1.26. The van der Waals surface area contributed by atoms with Crippen molar-refractivity contribution in [3.05, 3.63) is 66.6 Å². The van der Waals surface area contributed by atoms with E-state index in [0.717, 1.165) is 11.3 Å². The Bertz CT molecular complexity index is 967. The van der Waals surface area contributed by atoms with E-state index >= 15 is 0 Å². The Balaban J connectivity index is 1.62. The summed E-state index contributed by atoms with van der Waals surface area (Å²) in [6, 6.07) is 7.62. The molecule has 0 saturated carbocycles. The quantitative estimate of drug-likeness (QED) is 0.688. The van der Waals surface area contributed by atoms with E-state index in [1.165, 1.54) is 12.4 Å². The van der Waals surface area contributed by atoms with Crippen molar-refractivity contribution >= 4 is 5.91 Å². The highest BCUT2D eigenvalue weighted by molar-refractivity contribution is 5.92. The number of amides is 1. The molecule has 1 fully saturated rings. The van der Waals surface area contributed by atoms with Crippen LogP contribution in [0, 0.1) is 0 Å². The molecule has 8 nitrogen and oxygen atoms in total. The van der Waals surface area contributed by atoms with Crippen LogP contribution in [-0.2, 0) is 4.74 Å². The minimum Gasteiger partial charge on any atom is -0.497 e. The highest BCUT2D eigenvalue weighted by Crippen LogP contribution is 2.30. The van der Waals surface area contributed by atoms with Crippen molar-refractivity contribution in [3.63, 3.8) is 0 Å². The Kier molecular flexibility index (Phi) is 5.20. The maximum absolute atomic E-state index is 12.7. The van der Waals surface area contributed by atoms with Crippen molar-refractivity contribution in [2.24, 2.45) is 0 Å². The van der Waals surface area contributed by atoms with Gasteiger partial charge < -0.3 is 14.4 Å². The van der Waals surface area contributed by atoms with Gasteiger partial charge in [0.2, 0.25) is 0 Å². The van der Waals surface area contributed by atoms with Gasteiger partial charge in [-0.05, 0) is 12.1 Å². The fraction of sp³-hybridized carbons (Fsp3) is 0.250. The third-order valence-corrected chi connectivity index (χ3v) is 4.51. The number of rotatable bonds is 4. The molecule has 0 N–H and O–H groups in total. The molecule has 1 aliphatic rings. The van der Waals surface area contributed by atoms with Gasteiger partial charge in [-0.3, -0.25) is 19.7 Å². The first-order valence-corrected chi connectivity index (χ1v) is 8.88. The number of morpholine rings is 1. The Hall–Kier alpha value is -3.39. The Morgan fingerprint density at radius 1 is 1.18 bits per heavy atom. The average molecular weight is 377 g/mol. The van der Waals surface area contributed by atoms with E-state index in [2.05, 4.69) is 19.9 Å². The number of benzene rings is 1. The van der Waals surface area contributed by atoms with E-state index in [1.807, 2.05) is 24.3 Å². The number of methoxy groups -OCH3 is 1. The molecule has 28 heavy (non-hydrogen) atoms. The van der Waals surface area contributed by atoms with Crippen LogP contribution in [-0.4, -0.2) is 57.5 Å². The Morgan fingerprint density at radius 3 is 2.86 bits per heavy atom. The van der Waals surface area contributed by atoms with Crippen LogP contribution in [0.1, 0.15) is 22.3 Å². The number of carbonyl (C=O) groups excluding carboxylic acids is 1. The monoisotopic (exact) mass is 377 g/mol. The SMILES string of the molecule is COc1cccc(-c2nccnc2[C@@H]2CN(C(=O)c3cnccn3)CCO2)c1. The van der Waals surface area contributed by atoms with Crippen LogP contribution in [0.25, 0.3) is 11.3 Å². The number of nitrogens with zero attached hydrogens (tertiary/aromatic N) is 5. The molecule has 1 amide bonds. The third-order valence-electron chi connectivity index (χ3n) is 4.51. The van der Waals surface area contributed by atoms with Crippen LogP contribution < -0.4 is 4.74 Å². The fourth-order valence-electron chi connectivity index (χ4n) is 3.15. The van der Waals surface area contributed by atoms with Crippen LogP contribution in [0.15, 0.2) is 55.2 Å². The largest absolute Gasteiger partial charge is 0.497 e. The summed E-state index contributed by atoms with van der Waals surface area (Å²) in [5.41, 5.74) is 2.59. The number of hydrogen-bond acceptors (Lipinski definition) is 7. The molecule has 3 aromatic rings. The zero-order chi connectivity index (χ0) is 19.3. The maximum Gasteiger partial charge on any atom is 0.274 e. The van der Waals surface area contributed by atoms with Gasteiger partial charge in [0.05, 0.1) is 37.8 Å². The van der Waals surface area contributed by atoms with E-state index in [1.54, 1.807) is 30.6 Å². The van der Waals surface area contributed by atoms with Crippen molar-refractivity contribution in [2.75, 3.05) is 26.8 Å². The third kappa shape index (κ3) is 3.67. The van der Waals surface area contributed by atoms with Gasteiger partial charge in [0.1, 0.15) is 17.5 Å². The van der Waals surface area contributed by atoms with Crippen LogP contribution in [0.5, 0.6) is 5.75 Å². The van der Waals surface area contributed by atoms with Crippen molar-refractivity contribution < 1.29 is 14.3 Å². The first kappa shape index (κ1) is 18.0. The summed E-state index contributed by atoms with van der Waals surface area (Å²) in [6.07, 6.45) is 7.41. The van der Waals surface area contributed by atoms with Gasteiger partial charge >= 0.3 is 0 Å². The van der Waals surface area contributed by atoms with Crippen molar-refractivity contribution in [1.82, 2.24) is 24.8 Å². The summed E-state index contributed by atoms with van der Waals surface area (Å²) in [5, 5.41) is 0. The maximum atomic E-state index is 12.7. The molecule has 0 radical (unpaired) electrons. The topological polar surface area (TPSA) is 90.3 Å². The van der Waals surface area contributed by atoms with Gasteiger partial charge in [-0.1, -0.05) is 12.1 Å². The molecule has 3 heterocycles. The minimum atomic E-state index is -0.385. The Labute approximate surface area is 162 Å². The lowest BCUT2D eigenvalue weighted by Gasteiger charge is -2.32. The van der Waals surface area contributed by atoms with Gasteiger partial charge in [-0.25, -0.2) is 4.98 Å². The van der Waals surface area contributed by atoms with Crippen LogP contribution >= 0.6 is 0 Å². The second kappa shape index (κ2) is 8.10. The molecule has 8 heteroatoms. The molecule has 4 rings (SSSR count). The zero-order valence-corrected chi connectivity index (χ0v) is 15.4. The van der Waals surface area contributed by atoms with Gasteiger partial charge in [-0.15, -0.1) is 0 Å². The predicted molar refractivity (Wildman–Crippen MR) is 101 cm³/mol. The highest BCUT2D eigenvalue weighted by atomic mass is 16.5. The van der Waals surface area contributed by atoms with E-state index in [-0.39, 0.29) is 12.0 Å². The molecular weight excluding hydrogens is 358 g/mol. The first-order valence-electron chi connectivity index (χ1n) is 8.88.